The number of nitrogens with one attached hydrogen (secondary N) is 1. The lowest BCUT2D eigenvalue weighted by Crippen LogP contribution is -2.46. The van der Waals surface area contributed by atoms with E-state index < -0.39 is 79.6 Å². The molecule has 3 aliphatic rings. The van der Waals surface area contributed by atoms with Crippen LogP contribution in [0.5, 0.6) is 0 Å². The topological polar surface area (TPSA) is 207 Å². The van der Waals surface area contributed by atoms with Crippen LogP contribution in [0.2, 0.25) is 0 Å². The molecule has 0 aliphatic carbocycles. The molecule has 6 heterocycles. The maximum atomic E-state index is 14.0. The van der Waals surface area contributed by atoms with E-state index in [4.69, 9.17) is 28.2 Å². The first-order chi connectivity index (χ1) is 23.3. The molecule has 0 bridgehead atoms. The Bertz CT molecular complexity index is 2290. The number of esters is 2. The number of cyclic esters (lactones) is 1. The molecule has 0 spiro atoms. The Morgan fingerprint density at radius 3 is 2.76 bits per heavy atom. The van der Waals surface area contributed by atoms with Crippen molar-refractivity contribution in [2.75, 3.05) is 6.61 Å². The Balaban J connectivity index is 1.19. The van der Waals surface area contributed by atoms with E-state index in [1.54, 1.807) is 4.98 Å². The van der Waals surface area contributed by atoms with Gasteiger partial charge in [-0.3, -0.25) is 33.0 Å². The first-order valence-electron chi connectivity index (χ1n) is 15.2. The van der Waals surface area contributed by atoms with Gasteiger partial charge in [0.15, 0.2) is 0 Å². The number of aromatic amines is 1. The zero-order chi connectivity index (χ0) is 34.8. The minimum absolute atomic E-state index is 0.0256. The number of aromatic nitrogens is 4. The fourth-order valence-electron chi connectivity index (χ4n) is 6.49. The lowest BCUT2D eigenvalue weighted by molar-refractivity contribution is -0.171. The molecule has 1 fully saturated rings. The van der Waals surface area contributed by atoms with Crippen molar-refractivity contribution in [3.05, 3.63) is 96.3 Å². The van der Waals surface area contributed by atoms with E-state index in [0.717, 1.165) is 22.4 Å². The van der Waals surface area contributed by atoms with Gasteiger partial charge in [0, 0.05) is 29.9 Å². The van der Waals surface area contributed by atoms with Crippen LogP contribution in [0.1, 0.15) is 49.6 Å². The van der Waals surface area contributed by atoms with Gasteiger partial charge in [-0.2, -0.15) is 4.39 Å². The molecule has 5 atom stereocenters. The largest absolute Gasteiger partial charge is 0.473 e. The van der Waals surface area contributed by atoms with Crippen molar-refractivity contribution >= 4 is 30.7 Å². The fourth-order valence-corrected chi connectivity index (χ4v) is 7.57. The van der Waals surface area contributed by atoms with Crippen LogP contribution in [-0.2, 0) is 56.2 Å². The molecule has 3 aliphatic heterocycles. The standard InChI is InChI=1S/C31H28FN4O12P/c1-3-31(48-49(42,43)45-14-24-23(46-15(2)37)10-25(47-24)36-12-20(32)27(38)34-30(36)41)19-9-22-26-17(8-16-6-4-5-7-21(16)33-26)11-35(22)28(39)18(19)13-44-29(31)40/h4-9,12,23-25H,3,10-11,13-14H2,1-2H3,(H,42,43)(H,34,38,41)/t23-,24+,25+,31-/m0/s1. The van der Waals surface area contributed by atoms with Crippen molar-refractivity contribution in [2.24, 2.45) is 0 Å². The molecule has 256 valence electrons. The number of nitrogens with zero attached hydrogens (tertiary/aromatic N) is 3. The predicted octanol–water partition coefficient (Wildman–Crippen LogP) is 2.13. The smallest absolute Gasteiger partial charge is 0.460 e. The lowest BCUT2D eigenvalue weighted by Gasteiger charge is -2.36. The van der Waals surface area contributed by atoms with Gasteiger partial charge in [-0.05, 0) is 24.6 Å². The molecule has 4 aromatic rings. The van der Waals surface area contributed by atoms with Crippen LogP contribution in [0, 0.1) is 5.82 Å². The van der Waals surface area contributed by atoms with Crippen LogP contribution >= 0.6 is 7.82 Å². The van der Waals surface area contributed by atoms with Gasteiger partial charge >= 0.3 is 25.5 Å². The Labute approximate surface area is 274 Å². The number of carbonyl (C=O) groups is 2. The average Bonchev–Trinajstić information content (AvgIpc) is 3.62. The minimum Gasteiger partial charge on any atom is -0.460 e. The predicted molar refractivity (Wildman–Crippen MR) is 165 cm³/mol. The Hall–Kier alpha value is -4.80. The van der Waals surface area contributed by atoms with Crippen molar-refractivity contribution in [1.29, 1.82) is 0 Å². The third-order valence-corrected chi connectivity index (χ3v) is 9.81. The van der Waals surface area contributed by atoms with Gasteiger partial charge in [-0.1, -0.05) is 25.1 Å². The van der Waals surface area contributed by atoms with Crippen molar-refractivity contribution in [3.63, 3.8) is 0 Å². The van der Waals surface area contributed by atoms with E-state index in [0.29, 0.717) is 23.1 Å². The lowest BCUT2D eigenvalue weighted by atomic mass is 9.86. The number of rotatable bonds is 8. The number of hydrogen-bond acceptors (Lipinski definition) is 12. The summed E-state index contributed by atoms with van der Waals surface area (Å²) in [4.78, 5) is 80.3. The summed E-state index contributed by atoms with van der Waals surface area (Å²) in [5, 5.41) is 0.876. The molecule has 1 saturated heterocycles. The fraction of sp³-hybridized carbons (Fsp3) is 0.355. The first kappa shape index (κ1) is 32.7. The Morgan fingerprint density at radius 2 is 2.00 bits per heavy atom. The van der Waals surface area contributed by atoms with Crippen LogP contribution < -0.4 is 16.8 Å². The summed E-state index contributed by atoms with van der Waals surface area (Å²) in [6.45, 7) is 1.66. The second kappa shape index (κ2) is 12.0. The molecule has 3 aromatic heterocycles. The highest BCUT2D eigenvalue weighted by atomic mass is 31.2. The van der Waals surface area contributed by atoms with Gasteiger partial charge in [0.05, 0.1) is 41.8 Å². The zero-order valence-electron chi connectivity index (χ0n) is 25.9. The Kier molecular flexibility index (Phi) is 7.99. The maximum absolute atomic E-state index is 14.0. The number of ether oxygens (including phenoxy) is 3. The number of hydrogen-bond donors (Lipinski definition) is 2. The first-order valence-corrected chi connectivity index (χ1v) is 16.6. The molecule has 1 unspecified atom stereocenters. The average molecular weight is 699 g/mol. The van der Waals surface area contributed by atoms with Gasteiger partial charge in [-0.15, -0.1) is 0 Å². The number of fused-ring (bicyclic) bond motifs is 5. The highest BCUT2D eigenvalue weighted by Gasteiger charge is 2.53. The summed E-state index contributed by atoms with van der Waals surface area (Å²) in [5.41, 5.74) is -2.56. The number of phosphoric acid groups is 1. The van der Waals surface area contributed by atoms with Crippen molar-refractivity contribution in [2.45, 2.75) is 63.9 Å². The molecule has 49 heavy (non-hydrogen) atoms. The van der Waals surface area contributed by atoms with E-state index in [2.05, 4.69) is 0 Å². The van der Waals surface area contributed by atoms with E-state index in [1.807, 2.05) is 30.3 Å². The van der Waals surface area contributed by atoms with Crippen LogP contribution in [-0.4, -0.2) is 54.7 Å². The van der Waals surface area contributed by atoms with Gasteiger partial charge < -0.3 is 23.7 Å². The SMILES string of the molecule is CC[C@@]1(OP(=O)(O)OC[C@H]2O[C@@H](n3cc(F)c(=O)[nH]c3=O)C[C@@H]2OC(C)=O)C(=O)OCc2c1cc1n(c2=O)Cc2cc3ccccc3nc2-1. The van der Waals surface area contributed by atoms with Gasteiger partial charge in [0.2, 0.25) is 11.4 Å². The summed E-state index contributed by atoms with van der Waals surface area (Å²) in [6.07, 6.45) is -3.53. The highest BCUT2D eigenvalue weighted by Crippen LogP contribution is 2.54. The number of halogens is 1. The molecule has 1 aromatic carbocycles. The number of phosphoric ester groups is 1. The molecule has 0 radical (unpaired) electrons. The van der Waals surface area contributed by atoms with E-state index >= 15 is 0 Å². The van der Waals surface area contributed by atoms with Gasteiger partial charge in [0.1, 0.15) is 25.0 Å². The number of pyridine rings is 2. The van der Waals surface area contributed by atoms with E-state index in [9.17, 15) is 37.8 Å². The van der Waals surface area contributed by atoms with Gasteiger partial charge in [-0.25, -0.2) is 19.1 Å². The normalized spacial score (nSPS) is 23.8. The second-order valence-electron chi connectivity index (χ2n) is 11.8. The number of para-hydroxylation sites is 1. The van der Waals surface area contributed by atoms with Crippen LogP contribution in [0.4, 0.5) is 4.39 Å². The van der Waals surface area contributed by atoms with Crippen LogP contribution in [0.15, 0.2) is 57.0 Å². The van der Waals surface area contributed by atoms with Crippen molar-refractivity contribution in [3.8, 4) is 11.4 Å². The van der Waals surface area contributed by atoms with Gasteiger partial charge in [0.25, 0.3) is 11.1 Å². The monoisotopic (exact) mass is 698 g/mol. The third-order valence-electron chi connectivity index (χ3n) is 8.79. The molecule has 0 amide bonds. The maximum Gasteiger partial charge on any atom is 0.473 e. The van der Waals surface area contributed by atoms with Crippen molar-refractivity contribution in [1.82, 2.24) is 19.1 Å². The molecular weight excluding hydrogens is 670 g/mol. The molecule has 2 N–H and O–H groups in total. The zero-order valence-corrected chi connectivity index (χ0v) is 26.8. The summed E-state index contributed by atoms with van der Waals surface area (Å²) in [6, 6.07) is 10.9. The van der Waals surface area contributed by atoms with Crippen LogP contribution in [0.3, 0.4) is 0 Å². The Morgan fingerprint density at radius 1 is 1.22 bits per heavy atom. The molecule has 16 nitrogen and oxygen atoms in total. The number of benzene rings is 1. The van der Waals surface area contributed by atoms with E-state index in [-0.39, 0.29) is 30.5 Å². The quantitative estimate of drug-likeness (QED) is 0.176. The minimum atomic E-state index is -5.22. The molecule has 0 saturated carbocycles. The summed E-state index contributed by atoms with van der Waals surface area (Å²) < 4.78 is 56.9. The van der Waals surface area contributed by atoms with Crippen molar-refractivity contribution < 1.29 is 46.7 Å². The molecule has 18 heteroatoms. The molecule has 7 rings (SSSR count). The number of carbonyl (C=O) groups excluding carboxylic acids is 2. The third kappa shape index (κ3) is 5.62. The van der Waals surface area contributed by atoms with Crippen LogP contribution in [0.25, 0.3) is 22.3 Å². The molecular formula is C31H28FN4O12P. The summed E-state index contributed by atoms with van der Waals surface area (Å²) in [7, 11) is -5.22. The van der Waals surface area contributed by atoms with E-state index in [1.165, 1.54) is 17.6 Å². The second-order valence-corrected chi connectivity index (χ2v) is 13.1. The summed E-state index contributed by atoms with van der Waals surface area (Å²) >= 11 is 0. The summed E-state index contributed by atoms with van der Waals surface area (Å²) in [5.74, 6) is -3.05. The highest BCUT2D eigenvalue weighted by molar-refractivity contribution is 7.47. The number of H-pyrrole nitrogens is 1.